The number of pyridine rings is 1. The van der Waals surface area contributed by atoms with Gasteiger partial charge in [-0.05, 0) is 49.7 Å². The van der Waals surface area contributed by atoms with Crippen LogP contribution in [0.1, 0.15) is 11.3 Å². The van der Waals surface area contributed by atoms with Gasteiger partial charge in [0.25, 0.3) is 10.0 Å². The van der Waals surface area contributed by atoms with E-state index in [1.165, 1.54) is 0 Å². The lowest BCUT2D eigenvalue weighted by molar-refractivity contribution is 0.601. The van der Waals surface area contributed by atoms with Crippen LogP contribution < -0.4 is 4.72 Å². The molecule has 3 aromatic rings. The zero-order valence-corrected chi connectivity index (χ0v) is 16.5. The quantitative estimate of drug-likeness (QED) is 0.624. The summed E-state index contributed by atoms with van der Waals surface area (Å²) in [6.07, 6.45) is 0. The van der Waals surface area contributed by atoms with Crippen molar-refractivity contribution >= 4 is 39.0 Å². The predicted octanol–water partition coefficient (Wildman–Crippen LogP) is 5.47. The van der Waals surface area contributed by atoms with Crippen LogP contribution in [0.25, 0.3) is 11.1 Å². The smallest absolute Gasteiger partial charge is 0.263 e. The molecule has 0 atom stereocenters. The average Bonchev–Trinajstić information content (AvgIpc) is 2.58. The van der Waals surface area contributed by atoms with Gasteiger partial charge in [-0.2, -0.15) is 0 Å². The van der Waals surface area contributed by atoms with E-state index in [1.807, 2.05) is 19.1 Å². The van der Waals surface area contributed by atoms with Crippen LogP contribution in [0, 0.1) is 13.8 Å². The number of anilines is 1. The van der Waals surface area contributed by atoms with Gasteiger partial charge in [-0.25, -0.2) is 13.4 Å². The van der Waals surface area contributed by atoms with Crippen LogP contribution in [0.5, 0.6) is 0 Å². The molecule has 1 heterocycles. The Kier molecular flexibility index (Phi) is 5.23. The number of benzene rings is 2. The summed E-state index contributed by atoms with van der Waals surface area (Å²) in [6.45, 7) is 3.63. The Morgan fingerprint density at radius 2 is 1.65 bits per heavy atom. The molecule has 0 aliphatic rings. The normalized spacial score (nSPS) is 11.4. The number of hydrogen-bond acceptors (Lipinski definition) is 3. The number of rotatable bonds is 4. The van der Waals surface area contributed by atoms with Crippen molar-refractivity contribution in [1.29, 1.82) is 0 Å². The molecule has 0 bridgehead atoms. The minimum atomic E-state index is -3.70. The van der Waals surface area contributed by atoms with Gasteiger partial charge in [0.15, 0.2) is 0 Å². The number of hydrogen-bond donors (Lipinski definition) is 1. The van der Waals surface area contributed by atoms with Gasteiger partial charge >= 0.3 is 0 Å². The predicted molar refractivity (Wildman–Crippen MR) is 106 cm³/mol. The van der Waals surface area contributed by atoms with Crippen LogP contribution in [0.2, 0.25) is 10.0 Å². The lowest BCUT2D eigenvalue weighted by Crippen LogP contribution is -2.14. The van der Waals surface area contributed by atoms with E-state index in [2.05, 4.69) is 9.71 Å². The van der Waals surface area contributed by atoms with Crippen LogP contribution in [-0.2, 0) is 10.0 Å². The second-order valence-electron chi connectivity index (χ2n) is 5.85. The Labute approximate surface area is 162 Å². The van der Waals surface area contributed by atoms with Crippen LogP contribution in [0.15, 0.2) is 59.5 Å². The van der Waals surface area contributed by atoms with E-state index >= 15 is 0 Å². The topological polar surface area (TPSA) is 59.1 Å². The third-order valence-electron chi connectivity index (χ3n) is 3.87. The van der Waals surface area contributed by atoms with Gasteiger partial charge < -0.3 is 0 Å². The third kappa shape index (κ3) is 3.85. The molecule has 0 unspecified atom stereocenters. The largest absolute Gasteiger partial charge is 0.263 e. The molecule has 7 heteroatoms. The highest BCUT2D eigenvalue weighted by molar-refractivity contribution is 7.92. The highest BCUT2D eigenvalue weighted by Gasteiger charge is 2.16. The molecule has 4 nitrogen and oxygen atoms in total. The number of nitrogens with zero attached hydrogens (tertiary/aromatic N) is 1. The summed E-state index contributed by atoms with van der Waals surface area (Å²) >= 11 is 12.3. The van der Waals surface area contributed by atoms with Gasteiger partial charge in [0, 0.05) is 16.8 Å². The molecule has 0 saturated heterocycles. The average molecular weight is 407 g/mol. The van der Waals surface area contributed by atoms with Crippen LogP contribution >= 0.6 is 23.2 Å². The molecule has 134 valence electrons. The fourth-order valence-electron chi connectivity index (χ4n) is 2.59. The molecule has 0 amide bonds. The molecule has 3 rings (SSSR count). The summed E-state index contributed by atoms with van der Waals surface area (Å²) in [5.41, 5.74) is 3.04. The molecule has 1 aromatic heterocycles. The van der Waals surface area contributed by atoms with Crippen molar-refractivity contribution in [1.82, 2.24) is 4.98 Å². The fraction of sp³-hybridized carbons (Fsp3) is 0.105. The Hall–Kier alpha value is -2.08. The highest BCUT2D eigenvalue weighted by Crippen LogP contribution is 2.35. The maximum Gasteiger partial charge on any atom is 0.263 e. The van der Waals surface area contributed by atoms with Crippen LogP contribution in [0.4, 0.5) is 5.82 Å². The number of halogens is 2. The van der Waals surface area contributed by atoms with Crippen molar-refractivity contribution in [2.45, 2.75) is 18.7 Å². The van der Waals surface area contributed by atoms with Crippen molar-refractivity contribution in [2.24, 2.45) is 0 Å². The Balaban J connectivity index is 1.94. The summed E-state index contributed by atoms with van der Waals surface area (Å²) < 4.78 is 27.6. The molecular weight excluding hydrogens is 391 g/mol. The lowest BCUT2D eigenvalue weighted by Gasteiger charge is -2.12. The zero-order valence-electron chi connectivity index (χ0n) is 14.1. The summed E-state index contributed by atoms with van der Waals surface area (Å²) in [7, 11) is -3.70. The monoisotopic (exact) mass is 406 g/mol. The molecule has 0 aliphatic carbocycles. The molecule has 0 spiro atoms. The van der Waals surface area contributed by atoms with Crippen LogP contribution in [0.3, 0.4) is 0 Å². The van der Waals surface area contributed by atoms with Gasteiger partial charge in [-0.15, -0.1) is 0 Å². The number of aromatic nitrogens is 1. The molecule has 0 aliphatic heterocycles. The fourth-order valence-corrected chi connectivity index (χ4v) is 4.10. The maximum absolute atomic E-state index is 12.5. The van der Waals surface area contributed by atoms with Crippen molar-refractivity contribution in [2.75, 3.05) is 4.72 Å². The van der Waals surface area contributed by atoms with Gasteiger partial charge in [-0.3, -0.25) is 4.72 Å². The number of nitrogens with one attached hydrogen (secondary N) is 1. The first-order chi connectivity index (χ1) is 12.3. The number of aryl methyl sites for hydroxylation is 2. The van der Waals surface area contributed by atoms with Gasteiger partial charge in [0.05, 0.1) is 14.9 Å². The Morgan fingerprint density at radius 3 is 2.35 bits per heavy atom. The first kappa shape index (κ1) is 18.7. The second-order valence-corrected chi connectivity index (χ2v) is 8.32. The second kappa shape index (κ2) is 7.27. The van der Waals surface area contributed by atoms with E-state index < -0.39 is 10.0 Å². The van der Waals surface area contributed by atoms with E-state index in [4.69, 9.17) is 23.2 Å². The number of sulfonamides is 1. The SMILES string of the molecule is Cc1cccc(S(=O)(=O)Nc2ccc(-c3cccc(Cl)c3Cl)c(C)n2)c1. The first-order valence-corrected chi connectivity index (χ1v) is 10.0. The minimum Gasteiger partial charge on any atom is -0.263 e. The van der Waals surface area contributed by atoms with Gasteiger partial charge in [-0.1, -0.05) is 47.5 Å². The van der Waals surface area contributed by atoms with Crippen molar-refractivity contribution in [3.8, 4) is 11.1 Å². The molecule has 1 N–H and O–H groups in total. The summed E-state index contributed by atoms with van der Waals surface area (Å²) in [5.74, 6) is 0.242. The Bertz CT molecular complexity index is 1080. The van der Waals surface area contributed by atoms with Gasteiger partial charge in [0.1, 0.15) is 5.82 Å². The molecule has 0 saturated carbocycles. The Morgan fingerprint density at radius 1 is 0.923 bits per heavy atom. The van der Waals surface area contributed by atoms with E-state index in [1.54, 1.807) is 49.4 Å². The van der Waals surface area contributed by atoms with Gasteiger partial charge in [0.2, 0.25) is 0 Å². The van der Waals surface area contributed by atoms with E-state index in [0.29, 0.717) is 15.7 Å². The maximum atomic E-state index is 12.5. The minimum absolute atomic E-state index is 0.193. The molecule has 2 aromatic carbocycles. The lowest BCUT2D eigenvalue weighted by atomic mass is 10.0. The third-order valence-corrected chi connectivity index (χ3v) is 6.04. The highest BCUT2D eigenvalue weighted by atomic mass is 35.5. The standard InChI is InChI=1S/C19H16Cl2N2O2S/c1-12-5-3-6-14(11-12)26(24,25)23-18-10-9-15(13(2)22-18)16-7-4-8-17(20)19(16)21/h3-11H,1-2H3,(H,22,23). The van der Waals surface area contributed by atoms with E-state index in [9.17, 15) is 8.42 Å². The van der Waals surface area contributed by atoms with Crippen molar-refractivity contribution in [3.63, 3.8) is 0 Å². The molecule has 0 radical (unpaired) electrons. The molecular formula is C19H16Cl2N2O2S. The van der Waals surface area contributed by atoms with Crippen molar-refractivity contribution in [3.05, 3.63) is 75.9 Å². The summed E-state index contributed by atoms with van der Waals surface area (Å²) in [4.78, 5) is 4.55. The van der Waals surface area contributed by atoms with E-state index in [0.717, 1.165) is 16.7 Å². The molecule has 26 heavy (non-hydrogen) atoms. The summed E-state index contributed by atoms with van der Waals surface area (Å²) in [6, 6.07) is 15.4. The van der Waals surface area contributed by atoms with Crippen molar-refractivity contribution < 1.29 is 8.42 Å². The zero-order chi connectivity index (χ0) is 18.9. The summed E-state index contributed by atoms with van der Waals surface area (Å²) in [5, 5.41) is 0.889. The van der Waals surface area contributed by atoms with Crippen LogP contribution in [-0.4, -0.2) is 13.4 Å². The molecule has 0 fully saturated rings. The first-order valence-electron chi connectivity index (χ1n) is 7.79. The van der Waals surface area contributed by atoms with E-state index in [-0.39, 0.29) is 10.7 Å².